The molecule has 0 amide bonds. The molecule has 2 N–H and O–H groups in total. The summed E-state index contributed by atoms with van der Waals surface area (Å²) in [6.45, 7) is 10.7. The molecule has 1 aliphatic heterocycles. The summed E-state index contributed by atoms with van der Waals surface area (Å²) in [5.41, 5.74) is 8.03. The van der Waals surface area contributed by atoms with Crippen molar-refractivity contribution in [2.75, 3.05) is 24.5 Å². The van der Waals surface area contributed by atoms with E-state index in [-0.39, 0.29) is 0 Å². The fourth-order valence-corrected chi connectivity index (χ4v) is 2.42. The van der Waals surface area contributed by atoms with E-state index in [2.05, 4.69) is 28.4 Å². The highest BCUT2D eigenvalue weighted by Gasteiger charge is 2.33. The largest absolute Gasteiger partial charge is 0.340 e. The average molecular weight is 232 g/mol. The predicted octanol–water partition coefficient (Wildman–Crippen LogP) is 1.37. The summed E-state index contributed by atoms with van der Waals surface area (Å²) in [5, 5.41) is 0. The van der Waals surface area contributed by atoms with Crippen LogP contribution in [-0.2, 0) is 0 Å². The minimum atomic E-state index is 0.462. The van der Waals surface area contributed by atoms with Crippen LogP contribution in [0.25, 0.3) is 0 Å². The molecular weight excluding hydrogens is 212 g/mol. The number of nitrogens with two attached hydrogens (primary N) is 1. The van der Waals surface area contributed by atoms with E-state index < -0.39 is 0 Å². The Labute approximate surface area is 103 Å². The Balaban J connectivity index is 2.17. The molecule has 2 atom stereocenters. The van der Waals surface area contributed by atoms with Crippen LogP contribution >= 0.6 is 0 Å². The Morgan fingerprint density at radius 3 is 2.88 bits per heavy atom. The van der Waals surface area contributed by atoms with Gasteiger partial charge in [0.05, 0.1) is 0 Å². The normalized spacial score (nSPS) is 24.1. The van der Waals surface area contributed by atoms with Gasteiger partial charge >= 0.3 is 0 Å². The van der Waals surface area contributed by atoms with Gasteiger partial charge in [-0.05, 0) is 32.4 Å². The summed E-state index contributed by atoms with van der Waals surface area (Å²) in [6, 6.07) is 1.91. The molecule has 0 radical (unpaired) electrons. The second-order valence-corrected chi connectivity index (χ2v) is 4.85. The van der Waals surface area contributed by atoms with Gasteiger partial charge in [-0.15, -0.1) is 0 Å². The maximum atomic E-state index is 5.82. The van der Waals surface area contributed by atoms with Crippen LogP contribution in [0.1, 0.15) is 12.6 Å². The van der Waals surface area contributed by atoms with E-state index >= 15 is 0 Å². The van der Waals surface area contributed by atoms with Gasteiger partial charge in [-0.2, -0.15) is 0 Å². The van der Waals surface area contributed by atoms with Gasteiger partial charge in [-0.1, -0.05) is 12.2 Å². The number of aromatic nitrogens is 2. The van der Waals surface area contributed by atoms with Crippen LogP contribution in [0, 0.1) is 18.8 Å². The standard InChI is InChI=1S/C13H20N4/c1-9(2)12-8-17(7-11(12)6-14)13-15-5-4-10(3)16-13/h4-5,11-12H,1,6-8,14H2,2-3H3/t11-,12+/m0/s1. The van der Waals surface area contributed by atoms with E-state index in [1.807, 2.05) is 19.2 Å². The first kappa shape index (κ1) is 12.0. The van der Waals surface area contributed by atoms with Gasteiger partial charge in [0.15, 0.2) is 0 Å². The Bertz CT molecular complexity index is 416. The molecule has 1 aromatic rings. The van der Waals surface area contributed by atoms with E-state index in [1.54, 1.807) is 0 Å². The number of rotatable bonds is 3. The molecule has 0 unspecified atom stereocenters. The number of anilines is 1. The lowest BCUT2D eigenvalue weighted by atomic mass is 9.91. The van der Waals surface area contributed by atoms with Gasteiger partial charge < -0.3 is 10.6 Å². The van der Waals surface area contributed by atoms with Gasteiger partial charge in [0.25, 0.3) is 0 Å². The zero-order chi connectivity index (χ0) is 12.4. The van der Waals surface area contributed by atoms with Crippen LogP contribution in [0.5, 0.6) is 0 Å². The molecular formula is C13H20N4. The highest BCUT2D eigenvalue weighted by atomic mass is 15.3. The second-order valence-electron chi connectivity index (χ2n) is 4.85. The summed E-state index contributed by atoms with van der Waals surface area (Å²) in [7, 11) is 0. The Morgan fingerprint density at radius 1 is 1.59 bits per heavy atom. The third kappa shape index (κ3) is 2.47. The molecule has 0 bridgehead atoms. The van der Waals surface area contributed by atoms with E-state index in [9.17, 15) is 0 Å². The molecule has 1 fully saturated rings. The van der Waals surface area contributed by atoms with Gasteiger partial charge in [-0.3, -0.25) is 0 Å². The lowest BCUT2D eigenvalue weighted by molar-refractivity contribution is 0.485. The summed E-state index contributed by atoms with van der Waals surface area (Å²) >= 11 is 0. The van der Waals surface area contributed by atoms with Crippen molar-refractivity contribution >= 4 is 5.95 Å². The van der Waals surface area contributed by atoms with Crippen molar-refractivity contribution in [2.24, 2.45) is 17.6 Å². The lowest BCUT2D eigenvalue weighted by Crippen LogP contribution is -2.24. The minimum absolute atomic E-state index is 0.462. The van der Waals surface area contributed by atoms with E-state index in [1.165, 1.54) is 5.57 Å². The highest BCUT2D eigenvalue weighted by molar-refractivity contribution is 5.34. The summed E-state index contributed by atoms with van der Waals surface area (Å²) in [6.07, 6.45) is 1.81. The van der Waals surface area contributed by atoms with Crippen LogP contribution in [0.3, 0.4) is 0 Å². The topological polar surface area (TPSA) is 55.0 Å². The third-order valence-electron chi connectivity index (χ3n) is 3.44. The van der Waals surface area contributed by atoms with Gasteiger partial charge in [0.1, 0.15) is 0 Å². The smallest absolute Gasteiger partial charge is 0.225 e. The van der Waals surface area contributed by atoms with E-state index in [4.69, 9.17) is 5.73 Å². The first-order valence-corrected chi connectivity index (χ1v) is 6.02. The highest BCUT2D eigenvalue weighted by Crippen LogP contribution is 2.29. The monoisotopic (exact) mass is 232 g/mol. The minimum Gasteiger partial charge on any atom is -0.340 e. The zero-order valence-electron chi connectivity index (χ0n) is 10.6. The summed E-state index contributed by atoms with van der Waals surface area (Å²) in [5.74, 6) is 1.74. The Morgan fingerprint density at radius 2 is 2.35 bits per heavy atom. The van der Waals surface area contributed by atoms with Crippen LogP contribution in [-0.4, -0.2) is 29.6 Å². The van der Waals surface area contributed by atoms with Gasteiger partial charge in [0, 0.05) is 30.9 Å². The summed E-state index contributed by atoms with van der Waals surface area (Å²) in [4.78, 5) is 11.0. The van der Waals surface area contributed by atoms with E-state index in [0.29, 0.717) is 18.4 Å². The number of hydrogen-bond donors (Lipinski definition) is 1. The molecule has 92 valence electrons. The second kappa shape index (κ2) is 4.84. The SMILES string of the molecule is C=C(C)[C@H]1CN(c2nccc(C)n2)C[C@@H]1CN. The zero-order valence-corrected chi connectivity index (χ0v) is 10.6. The maximum Gasteiger partial charge on any atom is 0.225 e. The van der Waals surface area contributed by atoms with Crippen molar-refractivity contribution in [3.63, 3.8) is 0 Å². The molecule has 1 aromatic heterocycles. The van der Waals surface area contributed by atoms with Crippen LogP contribution < -0.4 is 10.6 Å². The first-order valence-electron chi connectivity index (χ1n) is 6.02. The average Bonchev–Trinajstić information content (AvgIpc) is 2.73. The fourth-order valence-electron chi connectivity index (χ4n) is 2.42. The van der Waals surface area contributed by atoms with Crippen LogP contribution in [0.4, 0.5) is 5.95 Å². The first-order chi connectivity index (χ1) is 8.11. The van der Waals surface area contributed by atoms with Crippen molar-refractivity contribution in [3.05, 3.63) is 30.1 Å². The number of aryl methyl sites for hydroxylation is 1. The Hall–Kier alpha value is -1.42. The molecule has 1 aliphatic rings. The number of nitrogens with zero attached hydrogens (tertiary/aromatic N) is 3. The van der Waals surface area contributed by atoms with Crippen molar-refractivity contribution in [3.8, 4) is 0 Å². The van der Waals surface area contributed by atoms with Crippen molar-refractivity contribution in [1.82, 2.24) is 9.97 Å². The molecule has 4 nitrogen and oxygen atoms in total. The lowest BCUT2D eigenvalue weighted by Gasteiger charge is -2.16. The van der Waals surface area contributed by atoms with Crippen molar-refractivity contribution in [2.45, 2.75) is 13.8 Å². The summed E-state index contributed by atoms with van der Waals surface area (Å²) < 4.78 is 0. The van der Waals surface area contributed by atoms with Crippen molar-refractivity contribution < 1.29 is 0 Å². The molecule has 0 saturated carbocycles. The third-order valence-corrected chi connectivity index (χ3v) is 3.44. The Kier molecular flexibility index (Phi) is 3.43. The van der Waals surface area contributed by atoms with Crippen molar-refractivity contribution in [1.29, 1.82) is 0 Å². The van der Waals surface area contributed by atoms with E-state index in [0.717, 1.165) is 24.7 Å². The molecule has 17 heavy (non-hydrogen) atoms. The quantitative estimate of drug-likeness (QED) is 0.800. The maximum absolute atomic E-state index is 5.82. The fraction of sp³-hybridized carbons (Fsp3) is 0.538. The van der Waals surface area contributed by atoms with Crippen LogP contribution in [0.15, 0.2) is 24.4 Å². The molecule has 4 heteroatoms. The number of hydrogen-bond acceptors (Lipinski definition) is 4. The molecule has 2 heterocycles. The van der Waals surface area contributed by atoms with Gasteiger partial charge in [0.2, 0.25) is 5.95 Å². The molecule has 0 aromatic carbocycles. The molecule has 0 aliphatic carbocycles. The molecule has 0 spiro atoms. The van der Waals surface area contributed by atoms with Crippen LogP contribution in [0.2, 0.25) is 0 Å². The van der Waals surface area contributed by atoms with Gasteiger partial charge in [-0.25, -0.2) is 9.97 Å². The predicted molar refractivity (Wildman–Crippen MR) is 69.8 cm³/mol. The molecule has 2 rings (SSSR count). The molecule has 1 saturated heterocycles.